The average molecular weight is 434 g/mol. The number of fused-ring (bicyclic) bond motifs is 3. The van der Waals surface area contributed by atoms with Crippen LogP contribution in [0.1, 0.15) is 13.8 Å². The van der Waals surface area contributed by atoms with Crippen LogP contribution in [0.4, 0.5) is 10.7 Å². The van der Waals surface area contributed by atoms with Gasteiger partial charge in [-0.1, -0.05) is 13.8 Å². The average Bonchev–Trinajstić information content (AvgIpc) is 3.10. The van der Waals surface area contributed by atoms with Gasteiger partial charge in [-0.05, 0) is 24.1 Å². The molecule has 2 N–H and O–H groups in total. The van der Waals surface area contributed by atoms with Crippen LogP contribution in [0.5, 0.6) is 0 Å². The molecule has 11 nitrogen and oxygen atoms in total. The molecule has 0 radical (unpaired) electrons. The summed E-state index contributed by atoms with van der Waals surface area (Å²) in [6.45, 7) is 5.51. The van der Waals surface area contributed by atoms with Crippen LogP contribution in [-0.2, 0) is 19.5 Å². The Labute approximate surface area is 172 Å². The number of hydrogen-bond donors (Lipinski definition) is 2. The van der Waals surface area contributed by atoms with Crippen molar-refractivity contribution in [3.63, 3.8) is 0 Å². The van der Waals surface area contributed by atoms with E-state index in [1.807, 2.05) is 13.8 Å². The van der Waals surface area contributed by atoms with Gasteiger partial charge in [-0.25, -0.2) is 13.2 Å². The zero-order chi connectivity index (χ0) is 21.3. The summed E-state index contributed by atoms with van der Waals surface area (Å²) in [5.74, 6) is 0.192. The fourth-order valence-corrected chi connectivity index (χ4v) is 4.50. The summed E-state index contributed by atoms with van der Waals surface area (Å²) in [6.07, 6.45) is -0.667. The summed E-state index contributed by atoms with van der Waals surface area (Å²) in [4.78, 5) is 19.3. The molecule has 1 amide bonds. The zero-order valence-corrected chi connectivity index (χ0v) is 17.4. The van der Waals surface area contributed by atoms with E-state index >= 15 is 0 Å². The number of ether oxygens (including phenoxy) is 2. The van der Waals surface area contributed by atoms with Gasteiger partial charge in [-0.15, -0.1) is 10.2 Å². The fourth-order valence-electron chi connectivity index (χ4n) is 3.07. The number of H-pyrrole nitrogens is 1. The maximum Gasteiger partial charge on any atom is 0.414 e. The summed E-state index contributed by atoms with van der Waals surface area (Å²) in [6, 6.07) is 4.76. The third-order valence-electron chi connectivity index (χ3n) is 4.56. The molecule has 2 aromatic heterocycles. The second-order valence-electron chi connectivity index (χ2n) is 7.30. The van der Waals surface area contributed by atoms with Crippen LogP contribution >= 0.6 is 0 Å². The Morgan fingerprint density at radius 2 is 2.07 bits per heavy atom. The highest BCUT2D eigenvalue weighted by Gasteiger charge is 2.27. The molecular formula is C18H22N6O5S. The van der Waals surface area contributed by atoms with Crippen molar-refractivity contribution in [2.45, 2.75) is 18.7 Å². The largest absolute Gasteiger partial charge is 0.449 e. The second kappa shape index (κ2) is 8.13. The third kappa shape index (κ3) is 4.06. The van der Waals surface area contributed by atoms with E-state index in [9.17, 15) is 13.2 Å². The summed E-state index contributed by atoms with van der Waals surface area (Å²) in [5, 5.41) is 11.0. The van der Waals surface area contributed by atoms with Crippen LogP contribution in [0.25, 0.3) is 22.1 Å². The van der Waals surface area contributed by atoms with Gasteiger partial charge in [0.15, 0.2) is 5.65 Å². The van der Waals surface area contributed by atoms with Gasteiger partial charge in [-0.2, -0.15) is 9.29 Å². The molecule has 1 fully saturated rings. The Hall–Kier alpha value is -2.83. The maximum atomic E-state index is 12.9. The molecule has 4 rings (SSSR count). The van der Waals surface area contributed by atoms with Crippen molar-refractivity contribution in [2.75, 3.05) is 38.2 Å². The summed E-state index contributed by atoms with van der Waals surface area (Å²) >= 11 is 0. The highest BCUT2D eigenvalue weighted by atomic mass is 32.2. The molecule has 1 aliphatic rings. The minimum absolute atomic E-state index is 0.0102. The quantitative estimate of drug-likeness (QED) is 0.619. The van der Waals surface area contributed by atoms with Gasteiger partial charge in [-0.3, -0.25) is 5.32 Å². The number of rotatable bonds is 5. The number of aromatic amines is 1. The Bertz CT molecular complexity index is 1190. The smallest absolute Gasteiger partial charge is 0.414 e. The number of nitrogens with zero attached hydrogens (tertiary/aromatic N) is 4. The minimum atomic E-state index is -3.64. The van der Waals surface area contributed by atoms with E-state index in [1.165, 1.54) is 4.31 Å². The minimum Gasteiger partial charge on any atom is -0.449 e. The van der Waals surface area contributed by atoms with Gasteiger partial charge in [0.1, 0.15) is 5.52 Å². The van der Waals surface area contributed by atoms with Crippen molar-refractivity contribution < 1.29 is 22.7 Å². The van der Waals surface area contributed by atoms with Crippen LogP contribution in [0.3, 0.4) is 0 Å². The van der Waals surface area contributed by atoms with Gasteiger partial charge < -0.3 is 14.5 Å². The van der Waals surface area contributed by atoms with Gasteiger partial charge in [0.25, 0.3) is 5.95 Å². The topological polar surface area (TPSA) is 139 Å². The summed E-state index contributed by atoms with van der Waals surface area (Å²) < 4.78 is 37.5. The lowest BCUT2D eigenvalue weighted by atomic mass is 10.2. The molecule has 0 spiro atoms. The number of hydrogen-bond acceptors (Lipinski definition) is 8. The maximum absolute atomic E-state index is 12.9. The summed E-state index contributed by atoms with van der Waals surface area (Å²) in [7, 11) is -3.64. The normalized spacial score (nSPS) is 15.7. The van der Waals surface area contributed by atoms with E-state index in [1.54, 1.807) is 18.2 Å². The second-order valence-corrected chi connectivity index (χ2v) is 9.24. The highest BCUT2D eigenvalue weighted by molar-refractivity contribution is 7.89. The fraction of sp³-hybridized carbons (Fsp3) is 0.444. The van der Waals surface area contributed by atoms with Gasteiger partial charge in [0.2, 0.25) is 10.0 Å². The molecule has 3 aromatic rings. The van der Waals surface area contributed by atoms with E-state index in [4.69, 9.17) is 9.47 Å². The van der Waals surface area contributed by atoms with Gasteiger partial charge in [0.05, 0.1) is 24.7 Å². The molecule has 1 aromatic carbocycles. The molecule has 12 heteroatoms. The van der Waals surface area contributed by atoms with Crippen molar-refractivity contribution >= 4 is 44.1 Å². The van der Waals surface area contributed by atoms with Crippen LogP contribution in [-0.4, -0.2) is 71.9 Å². The molecule has 160 valence electrons. The molecule has 30 heavy (non-hydrogen) atoms. The molecule has 0 unspecified atom stereocenters. The number of carbonyl (C=O) groups is 1. The van der Waals surface area contributed by atoms with Crippen molar-refractivity contribution in [1.82, 2.24) is 24.5 Å². The van der Waals surface area contributed by atoms with Crippen LogP contribution in [0.15, 0.2) is 23.1 Å². The molecule has 0 aliphatic carbocycles. The first-order valence-electron chi connectivity index (χ1n) is 9.52. The number of sulfonamides is 1. The Kier molecular flexibility index (Phi) is 5.54. The number of anilines is 1. The van der Waals surface area contributed by atoms with Crippen LogP contribution < -0.4 is 5.32 Å². The van der Waals surface area contributed by atoms with Crippen molar-refractivity contribution in [1.29, 1.82) is 0 Å². The number of amides is 1. The lowest BCUT2D eigenvalue weighted by Crippen LogP contribution is -2.40. The lowest BCUT2D eigenvalue weighted by Gasteiger charge is -2.26. The van der Waals surface area contributed by atoms with E-state index < -0.39 is 16.1 Å². The molecule has 1 saturated heterocycles. The first-order chi connectivity index (χ1) is 14.3. The standard InChI is InChI=1S/C18H22N6O5S/c1-11(2)10-29-18(25)21-17-20-16-15(22-23-17)13-9-12(3-4-14(13)19-16)30(26,27)24-5-7-28-8-6-24/h3-4,9,11H,5-8,10H2,1-2H3,(H2,19,20,21,23,25). The molecule has 3 heterocycles. The molecule has 0 atom stereocenters. The first kappa shape index (κ1) is 20.4. The number of aromatic nitrogens is 4. The number of carbonyl (C=O) groups excluding carboxylic acids is 1. The first-order valence-corrected chi connectivity index (χ1v) is 11.0. The molecule has 1 aliphatic heterocycles. The van der Waals surface area contributed by atoms with E-state index in [0.717, 1.165) is 0 Å². The molecule has 0 saturated carbocycles. The SMILES string of the molecule is CC(C)COC(=O)Nc1nnc2c(n1)[nH]c1ccc(S(=O)(=O)N3CCOCC3)cc12. The Morgan fingerprint density at radius 1 is 1.30 bits per heavy atom. The van der Waals surface area contributed by atoms with Gasteiger partial charge >= 0.3 is 6.09 Å². The van der Waals surface area contributed by atoms with Crippen LogP contribution in [0, 0.1) is 5.92 Å². The van der Waals surface area contributed by atoms with Gasteiger partial charge in [0, 0.05) is 24.0 Å². The highest BCUT2D eigenvalue weighted by Crippen LogP contribution is 2.27. The van der Waals surface area contributed by atoms with Crippen molar-refractivity contribution in [3.8, 4) is 0 Å². The number of morpholine rings is 1. The van der Waals surface area contributed by atoms with E-state index in [0.29, 0.717) is 48.4 Å². The van der Waals surface area contributed by atoms with E-state index in [-0.39, 0.29) is 23.4 Å². The lowest BCUT2D eigenvalue weighted by molar-refractivity contribution is 0.0730. The number of nitrogens with one attached hydrogen (secondary N) is 2. The Morgan fingerprint density at radius 3 is 2.80 bits per heavy atom. The summed E-state index contributed by atoms with van der Waals surface area (Å²) in [5.41, 5.74) is 1.44. The van der Waals surface area contributed by atoms with E-state index in [2.05, 4.69) is 25.5 Å². The van der Waals surface area contributed by atoms with Crippen molar-refractivity contribution in [2.24, 2.45) is 5.92 Å². The Balaban J connectivity index is 1.63. The molecule has 0 bridgehead atoms. The third-order valence-corrected chi connectivity index (χ3v) is 6.45. The number of benzene rings is 1. The zero-order valence-electron chi connectivity index (χ0n) is 16.6. The van der Waals surface area contributed by atoms with Crippen molar-refractivity contribution in [3.05, 3.63) is 18.2 Å². The predicted octanol–water partition coefficient (Wildman–Crippen LogP) is 1.73. The monoisotopic (exact) mass is 434 g/mol. The predicted molar refractivity (Wildman–Crippen MR) is 109 cm³/mol. The molecular weight excluding hydrogens is 412 g/mol. The van der Waals surface area contributed by atoms with Crippen LogP contribution in [0.2, 0.25) is 0 Å².